The summed E-state index contributed by atoms with van der Waals surface area (Å²) < 4.78 is 0. The first kappa shape index (κ1) is 14.7. The molecule has 106 valence electrons. The predicted octanol–water partition coefficient (Wildman–Crippen LogP) is 2.54. The van der Waals surface area contributed by atoms with Gasteiger partial charge in [-0.25, -0.2) is 4.98 Å². The Morgan fingerprint density at radius 3 is 2.65 bits per heavy atom. The van der Waals surface area contributed by atoms with Gasteiger partial charge in [-0.05, 0) is 13.8 Å². The Hall–Kier alpha value is -1.72. The van der Waals surface area contributed by atoms with Gasteiger partial charge in [-0.15, -0.1) is 11.3 Å². The molecule has 0 fully saturated rings. The van der Waals surface area contributed by atoms with Crippen molar-refractivity contribution in [1.29, 1.82) is 0 Å². The van der Waals surface area contributed by atoms with E-state index >= 15 is 0 Å². The van der Waals surface area contributed by atoms with Gasteiger partial charge in [0.1, 0.15) is 9.88 Å². The molecule has 0 saturated heterocycles. The molecule has 4 nitrogen and oxygen atoms in total. The molecule has 2 N–H and O–H groups in total. The fourth-order valence-electron chi connectivity index (χ4n) is 1.82. The smallest absolute Gasteiger partial charge is 0.265 e. The van der Waals surface area contributed by atoms with Gasteiger partial charge >= 0.3 is 0 Å². The maximum Gasteiger partial charge on any atom is 0.265 e. The van der Waals surface area contributed by atoms with Gasteiger partial charge in [0.15, 0.2) is 0 Å². The minimum absolute atomic E-state index is 0.0138. The molecule has 1 atom stereocenters. The standard InChI is InChI=1S/C15H19N3OS/c1-10(9-16)18(3)15(19)13-11(2)17-14(20-13)12-7-5-4-6-8-12/h4-8,10H,9,16H2,1-3H3. The van der Waals surface area contributed by atoms with Crippen LogP contribution in [0.25, 0.3) is 10.6 Å². The van der Waals surface area contributed by atoms with Crippen molar-refractivity contribution in [2.24, 2.45) is 5.73 Å². The van der Waals surface area contributed by atoms with Gasteiger partial charge in [0, 0.05) is 25.2 Å². The van der Waals surface area contributed by atoms with Crippen LogP contribution in [0.5, 0.6) is 0 Å². The number of amides is 1. The Morgan fingerprint density at radius 1 is 1.40 bits per heavy atom. The summed E-state index contributed by atoms with van der Waals surface area (Å²) in [6.07, 6.45) is 0. The van der Waals surface area contributed by atoms with Crippen molar-refractivity contribution in [3.8, 4) is 10.6 Å². The number of nitrogens with two attached hydrogens (primary N) is 1. The molecule has 2 aromatic rings. The molecule has 1 aromatic carbocycles. The molecule has 1 unspecified atom stereocenters. The lowest BCUT2D eigenvalue weighted by Crippen LogP contribution is -2.39. The average molecular weight is 289 g/mol. The molecule has 5 heteroatoms. The van der Waals surface area contributed by atoms with Crippen LogP contribution in [0.3, 0.4) is 0 Å². The SMILES string of the molecule is Cc1nc(-c2ccccc2)sc1C(=O)N(C)C(C)CN. The molecule has 0 spiro atoms. The molecule has 0 radical (unpaired) electrons. The Morgan fingerprint density at radius 2 is 2.05 bits per heavy atom. The van der Waals surface area contributed by atoms with Crippen molar-refractivity contribution in [2.45, 2.75) is 19.9 Å². The number of hydrogen-bond acceptors (Lipinski definition) is 4. The first-order chi connectivity index (χ1) is 9.54. The van der Waals surface area contributed by atoms with Crippen LogP contribution in [0.1, 0.15) is 22.3 Å². The summed E-state index contributed by atoms with van der Waals surface area (Å²) in [6.45, 7) is 4.26. The topological polar surface area (TPSA) is 59.2 Å². The third kappa shape index (κ3) is 2.89. The summed E-state index contributed by atoms with van der Waals surface area (Å²) in [5.41, 5.74) is 7.43. The summed E-state index contributed by atoms with van der Waals surface area (Å²) in [6, 6.07) is 9.92. The predicted molar refractivity (Wildman–Crippen MR) is 82.9 cm³/mol. The zero-order valence-electron chi connectivity index (χ0n) is 12.0. The van der Waals surface area contributed by atoms with Crippen molar-refractivity contribution < 1.29 is 4.79 Å². The molecule has 0 saturated carbocycles. The van der Waals surface area contributed by atoms with E-state index in [-0.39, 0.29) is 11.9 Å². The molecular formula is C15H19N3OS. The lowest BCUT2D eigenvalue weighted by molar-refractivity contribution is 0.0752. The van der Waals surface area contributed by atoms with E-state index in [0.717, 1.165) is 16.3 Å². The van der Waals surface area contributed by atoms with Gasteiger partial charge in [0.2, 0.25) is 0 Å². The lowest BCUT2D eigenvalue weighted by Gasteiger charge is -2.23. The van der Waals surface area contributed by atoms with Crippen LogP contribution in [-0.2, 0) is 0 Å². The number of aryl methyl sites for hydroxylation is 1. The number of benzene rings is 1. The van der Waals surface area contributed by atoms with Gasteiger partial charge in [-0.3, -0.25) is 4.79 Å². The van der Waals surface area contributed by atoms with Crippen LogP contribution < -0.4 is 5.73 Å². The number of nitrogens with zero attached hydrogens (tertiary/aromatic N) is 2. The zero-order chi connectivity index (χ0) is 14.7. The fourth-order valence-corrected chi connectivity index (χ4v) is 2.87. The van der Waals surface area contributed by atoms with E-state index in [0.29, 0.717) is 11.4 Å². The van der Waals surface area contributed by atoms with Gasteiger partial charge in [-0.1, -0.05) is 30.3 Å². The summed E-state index contributed by atoms with van der Waals surface area (Å²) in [7, 11) is 1.78. The Kier molecular flexibility index (Phi) is 4.52. The van der Waals surface area contributed by atoms with Crippen LogP contribution in [-0.4, -0.2) is 35.4 Å². The number of rotatable bonds is 4. The first-order valence-electron chi connectivity index (χ1n) is 6.54. The Balaban J connectivity index is 2.31. The molecule has 1 heterocycles. The second kappa shape index (κ2) is 6.15. The monoisotopic (exact) mass is 289 g/mol. The van der Waals surface area contributed by atoms with E-state index in [9.17, 15) is 4.79 Å². The number of thiazole rings is 1. The number of hydrogen-bond donors (Lipinski definition) is 1. The summed E-state index contributed by atoms with van der Waals surface area (Å²) in [4.78, 5) is 19.3. The molecule has 2 rings (SSSR count). The summed E-state index contributed by atoms with van der Waals surface area (Å²) in [5, 5.41) is 0.875. The Bertz CT molecular complexity index is 594. The molecule has 20 heavy (non-hydrogen) atoms. The maximum absolute atomic E-state index is 12.5. The van der Waals surface area contributed by atoms with Crippen molar-refractivity contribution >= 4 is 17.2 Å². The largest absolute Gasteiger partial charge is 0.337 e. The van der Waals surface area contributed by atoms with Crippen molar-refractivity contribution in [3.63, 3.8) is 0 Å². The van der Waals surface area contributed by atoms with E-state index in [2.05, 4.69) is 4.98 Å². The highest BCUT2D eigenvalue weighted by atomic mass is 32.1. The van der Waals surface area contributed by atoms with E-state index in [1.165, 1.54) is 11.3 Å². The van der Waals surface area contributed by atoms with Crippen LogP contribution in [0.2, 0.25) is 0 Å². The highest BCUT2D eigenvalue weighted by Crippen LogP contribution is 2.28. The summed E-state index contributed by atoms with van der Waals surface area (Å²) in [5.74, 6) is -0.0138. The highest BCUT2D eigenvalue weighted by molar-refractivity contribution is 7.17. The van der Waals surface area contributed by atoms with Gasteiger partial charge in [0.05, 0.1) is 5.69 Å². The zero-order valence-corrected chi connectivity index (χ0v) is 12.8. The van der Waals surface area contributed by atoms with Crippen molar-refractivity contribution in [1.82, 2.24) is 9.88 Å². The molecule has 0 aliphatic carbocycles. The highest BCUT2D eigenvalue weighted by Gasteiger charge is 2.22. The third-order valence-electron chi connectivity index (χ3n) is 3.33. The number of aromatic nitrogens is 1. The number of likely N-dealkylation sites (N-methyl/N-ethyl adjacent to an activating group) is 1. The first-order valence-corrected chi connectivity index (χ1v) is 7.36. The Labute approximate surface area is 123 Å². The molecule has 0 bridgehead atoms. The van der Waals surface area contributed by atoms with Crippen LogP contribution >= 0.6 is 11.3 Å². The van der Waals surface area contributed by atoms with Crippen LogP contribution in [0.15, 0.2) is 30.3 Å². The number of carbonyl (C=O) groups excluding carboxylic acids is 1. The van der Waals surface area contributed by atoms with E-state index in [1.807, 2.05) is 44.2 Å². The van der Waals surface area contributed by atoms with Gasteiger partial charge < -0.3 is 10.6 Å². The quantitative estimate of drug-likeness (QED) is 0.941. The van der Waals surface area contributed by atoms with Crippen LogP contribution in [0, 0.1) is 6.92 Å². The molecule has 1 amide bonds. The van der Waals surface area contributed by atoms with Gasteiger partial charge in [-0.2, -0.15) is 0 Å². The molecule has 0 aliphatic rings. The second-order valence-electron chi connectivity index (χ2n) is 4.80. The molecule has 1 aromatic heterocycles. The second-order valence-corrected chi connectivity index (χ2v) is 5.80. The normalized spacial score (nSPS) is 12.2. The summed E-state index contributed by atoms with van der Waals surface area (Å²) >= 11 is 1.43. The lowest BCUT2D eigenvalue weighted by atomic mass is 10.2. The van der Waals surface area contributed by atoms with Crippen molar-refractivity contribution in [2.75, 3.05) is 13.6 Å². The maximum atomic E-state index is 12.5. The van der Waals surface area contributed by atoms with E-state index < -0.39 is 0 Å². The number of carbonyl (C=O) groups is 1. The average Bonchev–Trinajstić information content (AvgIpc) is 2.87. The minimum atomic E-state index is -0.0138. The molecule has 0 aliphatic heterocycles. The van der Waals surface area contributed by atoms with E-state index in [1.54, 1.807) is 11.9 Å². The van der Waals surface area contributed by atoms with E-state index in [4.69, 9.17) is 5.73 Å². The third-order valence-corrected chi connectivity index (χ3v) is 4.53. The minimum Gasteiger partial charge on any atom is -0.337 e. The van der Waals surface area contributed by atoms with Gasteiger partial charge in [0.25, 0.3) is 5.91 Å². The van der Waals surface area contributed by atoms with Crippen molar-refractivity contribution in [3.05, 3.63) is 40.9 Å². The fraction of sp³-hybridized carbons (Fsp3) is 0.333. The molecular weight excluding hydrogens is 270 g/mol. The van der Waals surface area contributed by atoms with Crippen LogP contribution in [0.4, 0.5) is 0 Å².